The summed E-state index contributed by atoms with van der Waals surface area (Å²) in [6.07, 6.45) is 0. The number of aryl methyl sites for hydroxylation is 1. The molecule has 0 aliphatic heterocycles. The Kier molecular flexibility index (Phi) is 4.36. The van der Waals surface area contributed by atoms with Gasteiger partial charge in [0.1, 0.15) is 5.82 Å². The van der Waals surface area contributed by atoms with E-state index in [1.54, 1.807) is 19.9 Å². The number of aromatic amines is 1. The van der Waals surface area contributed by atoms with Crippen LogP contribution in [0, 0.1) is 12.7 Å². The van der Waals surface area contributed by atoms with Gasteiger partial charge in [0.15, 0.2) is 0 Å². The van der Waals surface area contributed by atoms with Crippen LogP contribution in [0.15, 0.2) is 58.3 Å². The average molecular weight is 344 g/mol. The van der Waals surface area contributed by atoms with Crippen molar-refractivity contribution in [2.45, 2.75) is 13.8 Å². The quantitative estimate of drug-likeness (QED) is 0.704. The van der Waals surface area contributed by atoms with Crippen LogP contribution in [0.25, 0.3) is 5.69 Å². The maximum Gasteiger partial charge on any atom is 0.280 e. The summed E-state index contributed by atoms with van der Waals surface area (Å²) in [4.78, 5) is 17.0. The minimum absolute atomic E-state index is 0.0378. The van der Waals surface area contributed by atoms with E-state index < -0.39 is 5.82 Å². The fourth-order valence-electron chi connectivity index (χ4n) is 2.54. The molecule has 0 atom stereocenters. The minimum atomic E-state index is -0.543. The third kappa shape index (κ3) is 3.03. The number of nitrogens with zero attached hydrogens (tertiary/aromatic N) is 2. The molecule has 0 fully saturated rings. The molecule has 0 bridgehead atoms. The zero-order valence-electron chi connectivity index (χ0n) is 13.2. The standard InChI is InChI=1S/C18H15ClFN3O/c1-11(21-13-8-9-15(19)16(20)10-13)17-12(2)22-23(18(17)24)14-6-4-3-5-7-14/h3-10,22H,1-2H3. The number of rotatable bonds is 3. The molecule has 1 heterocycles. The first-order valence-corrected chi connectivity index (χ1v) is 7.73. The highest BCUT2D eigenvalue weighted by molar-refractivity contribution is 6.30. The van der Waals surface area contributed by atoms with Crippen LogP contribution in [0.1, 0.15) is 18.2 Å². The molecule has 6 heteroatoms. The number of hydrogen-bond acceptors (Lipinski definition) is 2. The van der Waals surface area contributed by atoms with Crippen LogP contribution in [-0.4, -0.2) is 15.5 Å². The van der Waals surface area contributed by atoms with Crippen LogP contribution < -0.4 is 5.56 Å². The van der Waals surface area contributed by atoms with Gasteiger partial charge in [-0.25, -0.2) is 9.07 Å². The number of nitrogens with one attached hydrogen (secondary N) is 1. The van der Waals surface area contributed by atoms with Crippen molar-refractivity contribution in [2.75, 3.05) is 0 Å². The van der Waals surface area contributed by atoms with Gasteiger partial charge in [-0.2, -0.15) is 0 Å². The van der Waals surface area contributed by atoms with Gasteiger partial charge in [-0.15, -0.1) is 0 Å². The Morgan fingerprint density at radius 2 is 1.92 bits per heavy atom. The van der Waals surface area contributed by atoms with E-state index in [4.69, 9.17) is 11.6 Å². The third-order valence-electron chi connectivity index (χ3n) is 3.65. The Morgan fingerprint density at radius 3 is 2.58 bits per heavy atom. The first kappa shape index (κ1) is 16.2. The van der Waals surface area contributed by atoms with E-state index in [1.807, 2.05) is 30.3 Å². The molecule has 0 unspecified atom stereocenters. The smallest absolute Gasteiger partial charge is 0.280 e. The molecule has 4 nitrogen and oxygen atoms in total. The highest BCUT2D eigenvalue weighted by atomic mass is 35.5. The molecular formula is C18H15ClFN3O. The van der Waals surface area contributed by atoms with Gasteiger partial charge in [-0.05, 0) is 38.1 Å². The van der Waals surface area contributed by atoms with E-state index in [1.165, 1.54) is 16.8 Å². The third-order valence-corrected chi connectivity index (χ3v) is 3.95. The van der Waals surface area contributed by atoms with Crippen LogP contribution in [0.2, 0.25) is 5.02 Å². The number of halogens is 2. The lowest BCUT2D eigenvalue weighted by atomic mass is 10.1. The van der Waals surface area contributed by atoms with Crippen LogP contribution in [0.3, 0.4) is 0 Å². The molecule has 1 N–H and O–H groups in total. The van der Waals surface area contributed by atoms with Crippen molar-refractivity contribution in [1.82, 2.24) is 9.78 Å². The van der Waals surface area contributed by atoms with Gasteiger partial charge in [0.25, 0.3) is 5.56 Å². The van der Waals surface area contributed by atoms with Crippen LogP contribution in [0.5, 0.6) is 0 Å². The average Bonchev–Trinajstić information content (AvgIpc) is 2.86. The highest BCUT2D eigenvalue weighted by Crippen LogP contribution is 2.21. The van der Waals surface area contributed by atoms with Crippen molar-refractivity contribution < 1.29 is 4.39 Å². The molecule has 0 aliphatic rings. The predicted octanol–water partition coefficient (Wildman–Crippen LogP) is 4.41. The molecule has 122 valence electrons. The Bertz CT molecular complexity index is 974. The zero-order chi connectivity index (χ0) is 17.3. The second-order valence-electron chi connectivity index (χ2n) is 5.38. The maximum atomic E-state index is 13.5. The van der Waals surface area contributed by atoms with Crippen molar-refractivity contribution in [3.63, 3.8) is 0 Å². The van der Waals surface area contributed by atoms with Gasteiger partial charge in [0.2, 0.25) is 0 Å². The summed E-state index contributed by atoms with van der Waals surface area (Å²) in [7, 11) is 0. The van der Waals surface area contributed by atoms with Crippen molar-refractivity contribution in [2.24, 2.45) is 4.99 Å². The van der Waals surface area contributed by atoms with Crippen LogP contribution in [0.4, 0.5) is 10.1 Å². The number of H-pyrrole nitrogens is 1. The van der Waals surface area contributed by atoms with Crippen molar-refractivity contribution >= 4 is 23.0 Å². The summed E-state index contributed by atoms with van der Waals surface area (Å²) in [5.74, 6) is -0.543. The molecule has 0 saturated carbocycles. The van der Waals surface area contributed by atoms with E-state index in [0.29, 0.717) is 22.7 Å². The molecule has 0 saturated heterocycles. The first-order valence-electron chi connectivity index (χ1n) is 7.35. The molecule has 3 rings (SSSR count). The molecule has 0 radical (unpaired) electrons. The molecule has 0 aliphatic carbocycles. The van der Waals surface area contributed by atoms with E-state index in [0.717, 1.165) is 5.69 Å². The second kappa shape index (κ2) is 6.45. The summed E-state index contributed by atoms with van der Waals surface area (Å²) in [5.41, 5.74) is 2.61. The summed E-state index contributed by atoms with van der Waals surface area (Å²) in [6.45, 7) is 3.52. The highest BCUT2D eigenvalue weighted by Gasteiger charge is 2.15. The van der Waals surface area contributed by atoms with Gasteiger partial charge < -0.3 is 0 Å². The number of aromatic nitrogens is 2. The zero-order valence-corrected chi connectivity index (χ0v) is 13.9. The lowest BCUT2D eigenvalue weighted by Crippen LogP contribution is -2.19. The molecule has 0 amide bonds. The lowest BCUT2D eigenvalue weighted by Gasteiger charge is -2.00. The van der Waals surface area contributed by atoms with Gasteiger partial charge in [-0.3, -0.25) is 14.9 Å². The van der Waals surface area contributed by atoms with Gasteiger partial charge in [-0.1, -0.05) is 29.8 Å². The predicted molar refractivity (Wildman–Crippen MR) is 94.4 cm³/mol. The number of hydrogen-bond donors (Lipinski definition) is 1. The molecule has 24 heavy (non-hydrogen) atoms. The first-order chi connectivity index (χ1) is 11.5. The summed E-state index contributed by atoms with van der Waals surface area (Å²) >= 11 is 5.67. The maximum absolute atomic E-state index is 13.5. The summed E-state index contributed by atoms with van der Waals surface area (Å²) < 4.78 is 15.0. The van der Waals surface area contributed by atoms with Crippen molar-refractivity contribution in [3.05, 3.63) is 81.0 Å². The molecule has 3 aromatic rings. The lowest BCUT2D eigenvalue weighted by molar-refractivity contribution is 0.628. The molecule has 0 spiro atoms. The Hall–Kier alpha value is -2.66. The number of para-hydroxylation sites is 1. The van der Waals surface area contributed by atoms with Crippen LogP contribution in [-0.2, 0) is 0 Å². The monoisotopic (exact) mass is 343 g/mol. The normalized spacial score (nSPS) is 11.8. The van der Waals surface area contributed by atoms with E-state index in [9.17, 15) is 9.18 Å². The van der Waals surface area contributed by atoms with Gasteiger partial charge in [0, 0.05) is 11.8 Å². The Labute approximate surface area is 143 Å². The summed E-state index contributed by atoms with van der Waals surface area (Å²) in [5, 5.41) is 3.08. The van der Waals surface area contributed by atoms with E-state index >= 15 is 0 Å². The Balaban J connectivity index is 2.06. The molecular weight excluding hydrogens is 329 g/mol. The van der Waals surface area contributed by atoms with Gasteiger partial charge in [0.05, 0.1) is 27.7 Å². The topological polar surface area (TPSA) is 50.1 Å². The summed E-state index contributed by atoms with van der Waals surface area (Å²) in [6, 6.07) is 13.5. The SMILES string of the molecule is CC(=Nc1ccc(Cl)c(F)c1)c1c(C)[nH]n(-c2ccccc2)c1=O. The van der Waals surface area contributed by atoms with Crippen molar-refractivity contribution in [3.8, 4) is 5.69 Å². The van der Waals surface area contributed by atoms with Gasteiger partial charge >= 0.3 is 0 Å². The fourth-order valence-corrected chi connectivity index (χ4v) is 2.65. The van der Waals surface area contributed by atoms with Crippen molar-refractivity contribution in [1.29, 1.82) is 0 Å². The van der Waals surface area contributed by atoms with E-state index in [2.05, 4.69) is 10.1 Å². The minimum Gasteiger partial charge on any atom is -0.295 e. The number of benzene rings is 2. The number of aliphatic imine (C=N–C) groups is 1. The second-order valence-corrected chi connectivity index (χ2v) is 5.79. The Morgan fingerprint density at radius 1 is 1.21 bits per heavy atom. The van der Waals surface area contributed by atoms with Crippen LogP contribution >= 0.6 is 11.6 Å². The molecule has 1 aromatic heterocycles. The van der Waals surface area contributed by atoms with E-state index in [-0.39, 0.29) is 10.6 Å². The fraction of sp³-hybridized carbons (Fsp3) is 0.111. The largest absolute Gasteiger partial charge is 0.295 e. The molecule has 2 aromatic carbocycles.